The van der Waals surface area contributed by atoms with Crippen molar-refractivity contribution in [1.82, 2.24) is 5.32 Å². The Kier molecular flexibility index (Phi) is 6.82. The molecule has 3 aromatic rings. The Bertz CT molecular complexity index is 1390. The zero-order chi connectivity index (χ0) is 25.8. The average Bonchev–Trinajstić information content (AvgIpc) is 2.83. The molecule has 1 fully saturated rings. The maximum absolute atomic E-state index is 13.0. The number of aryl methyl sites for hydroxylation is 2. The van der Waals surface area contributed by atoms with Crippen LogP contribution in [-0.2, 0) is 14.4 Å². The van der Waals surface area contributed by atoms with Gasteiger partial charge in [0.1, 0.15) is 17.1 Å². The maximum Gasteiger partial charge on any atom is 0.335 e. The van der Waals surface area contributed by atoms with Crippen LogP contribution in [0.15, 0.2) is 72.3 Å². The highest BCUT2D eigenvalue weighted by atomic mass is 16.5. The topological polar surface area (TPSA) is 125 Å². The monoisotopic (exact) mass is 485 g/mol. The SMILES string of the molecule is Cc1ccc(NC(=O)COc2cccc(/C=C3/C(=O)NC(=O)N(c4ccc(O)cc4)C3=O)c2)c(C)c1. The highest BCUT2D eigenvalue weighted by Gasteiger charge is 2.36. The average molecular weight is 485 g/mol. The number of ether oxygens (including phenoxy) is 1. The summed E-state index contributed by atoms with van der Waals surface area (Å²) in [5, 5.41) is 14.4. The number of carbonyl (C=O) groups excluding carboxylic acids is 4. The van der Waals surface area contributed by atoms with Gasteiger partial charge in [0.15, 0.2) is 6.61 Å². The zero-order valence-corrected chi connectivity index (χ0v) is 19.6. The van der Waals surface area contributed by atoms with Gasteiger partial charge in [-0.25, -0.2) is 9.69 Å². The minimum absolute atomic E-state index is 0.0324. The molecule has 0 atom stereocenters. The fourth-order valence-electron chi connectivity index (χ4n) is 3.64. The number of nitrogens with zero attached hydrogens (tertiary/aromatic N) is 1. The Morgan fingerprint density at radius 2 is 1.78 bits per heavy atom. The molecule has 0 unspecified atom stereocenters. The predicted molar refractivity (Wildman–Crippen MR) is 134 cm³/mol. The summed E-state index contributed by atoms with van der Waals surface area (Å²) >= 11 is 0. The zero-order valence-electron chi connectivity index (χ0n) is 19.6. The van der Waals surface area contributed by atoms with Gasteiger partial charge < -0.3 is 15.2 Å². The van der Waals surface area contributed by atoms with Crippen molar-refractivity contribution in [3.63, 3.8) is 0 Å². The number of anilines is 2. The number of rotatable bonds is 6. The lowest BCUT2D eigenvalue weighted by molar-refractivity contribution is -0.122. The fraction of sp³-hybridized carbons (Fsp3) is 0.111. The van der Waals surface area contributed by atoms with Crippen LogP contribution in [0.1, 0.15) is 16.7 Å². The van der Waals surface area contributed by atoms with E-state index in [2.05, 4.69) is 10.6 Å². The number of aromatic hydroxyl groups is 1. The van der Waals surface area contributed by atoms with E-state index in [0.29, 0.717) is 17.0 Å². The second-order valence-corrected chi connectivity index (χ2v) is 8.20. The molecule has 9 heteroatoms. The van der Waals surface area contributed by atoms with Gasteiger partial charge in [0.25, 0.3) is 17.7 Å². The van der Waals surface area contributed by atoms with Crippen molar-refractivity contribution in [3.8, 4) is 11.5 Å². The summed E-state index contributed by atoms with van der Waals surface area (Å²) in [6, 6.07) is 16.7. The molecule has 0 spiro atoms. The first kappa shape index (κ1) is 24.2. The number of nitrogens with one attached hydrogen (secondary N) is 2. The van der Waals surface area contributed by atoms with Crippen LogP contribution in [0, 0.1) is 13.8 Å². The molecule has 4 rings (SSSR count). The highest BCUT2D eigenvalue weighted by molar-refractivity contribution is 6.39. The Morgan fingerprint density at radius 3 is 2.50 bits per heavy atom. The van der Waals surface area contributed by atoms with Crippen LogP contribution < -0.4 is 20.3 Å². The Hall–Kier alpha value is -4.92. The number of urea groups is 1. The van der Waals surface area contributed by atoms with E-state index in [4.69, 9.17) is 4.74 Å². The molecule has 1 aliphatic heterocycles. The van der Waals surface area contributed by atoms with Gasteiger partial charge in [-0.15, -0.1) is 0 Å². The standard InChI is InChI=1S/C27H23N3O6/c1-16-6-11-23(17(2)12-16)28-24(32)15-36-21-5-3-4-18(13-21)14-22-25(33)29-27(35)30(26(22)34)19-7-9-20(31)10-8-19/h3-14,31H,15H2,1-2H3,(H,28,32)(H,29,33,35)/b22-14-. The third-order valence-electron chi connectivity index (χ3n) is 5.40. The molecule has 0 bridgehead atoms. The molecule has 0 aliphatic carbocycles. The molecule has 5 amide bonds. The van der Waals surface area contributed by atoms with Crippen molar-refractivity contribution in [2.75, 3.05) is 16.8 Å². The molecule has 3 aromatic carbocycles. The van der Waals surface area contributed by atoms with Crippen molar-refractivity contribution in [3.05, 3.63) is 89.0 Å². The van der Waals surface area contributed by atoms with E-state index in [1.54, 1.807) is 24.3 Å². The lowest BCUT2D eigenvalue weighted by atomic mass is 10.1. The number of phenols is 1. The van der Waals surface area contributed by atoms with E-state index in [1.165, 1.54) is 30.3 Å². The number of amides is 5. The van der Waals surface area contributed by atoms with Crippen LogP contribution in [0.4, 0.5) is 16.2 Å². The lowest BCUT2D eigenvalue weighted by Gasteiger charge is -2.26. The maximum atomic E-state index is 13.0. The normalized spacial score (nSPS) is 14.6. The Morgan fingerprint density at radius 1 is 1.03 bits per heavy atom. The van der Waals surface area contributed by atoms with Gasteiger partial charge in [0, 0.05) is 5.69 Å². The van der Waals surface area contributed by atoms with E-state index in [0.717, 1.165) is 16.0 Å². The Balaban J connectivity index is 1.48. The van der Waals surface area contributed by atoms with Gasteiger partial charge >= 0.3 is 6.03 Å². The van der Waals surface area contributed by atoms with Crippen molar-refractivity contribution in [1.29, 1.82) is 0 Å². The number of phenolic OH excluding ortho intramolecular Hbond substituents is 1. The molecule has 36 heavy (non-hydrogen) atoms. The quantitative estimate of drug-likeness (QED) is 0.361. The fourth-order valence-corrected chi connectivity index (χ4v) is 3.64. The van der Waals surface area contributed by atoms with Crippen molar-refractivity contribution >= 4 is 41.2 Å². The van der Waals surface area contributed by atoms with E-state index >= 15 is 0 Å². The summed E-state index contributed by atoms with van der Waals surface area (Å²) in [6.45, 7) is 3.63. The molecule has 0 aromatic heterocycles. The number of barbiturate groups is 1. The summed E-state index contributed by atoms with van der Waals surface area (Å²) < 4.78 is 5.59. The highest BCUT2D eigenvalue weighted by Crippen LogP contribution is 2.24. The lowest BCUT2D eigenvalue weighted by Crippen LogP contribution is -2.54. The molecule has 3 N–H and O–H groups in total. The van der Waals surface area contributed by atoms with Gasteiger partial charge in [-0.1, -0.05) is 29.8 Å². The molecule has 9 nitrogen and oxygen atoms in total. The second-order valence-electron chi connectivity index (χ2n) is 8.20. The summed E-state index contributed by atoms with van der Waals surface area (Å²) in [5.74, 6) is -1.66. The predicted octanol–water partition coefficient (Wildman–Crippen LogP) is 3.69. The van der Waals surface area contributed by atoms with Crippen LogP contribution in [0.25, 0.3) is 6.08 Å². The molecule has 0 saturated carbocycles. The molecule has 182 valence electrons. The van der Waals surface area contributed by atoms with Crippen LogP contribution >= 0.6 is 0 Å². The largest absolute Gasteiger partial charge is 0.508 e. The van der Waals surface area contributed by atoms with Gasteiger partial charge in [0.2, 0.25) is 0 Å². The summed E-state index contributed by atoms with van der Waals surface area (Å²) in [7, 11) is 0. The first-order valence-electron chi connectivity index (χ1n) is 11.0. The number of hydrogen-bond acceptors (Lipinski definition) is 6. The molecule has 0 radical (unpaired) electrons. The van der Waals surface area contributed by atoms with Crippen LogP contribution in [-0.4, -0.2) is 35.5 Å². The van der Waals surface area contributed by atoms with Gasteiger partial charge in [-0.3, -0.25) is 19.7 Å². The molecular formula is C27H23N3O6. The summed E-state index contributed by atoms with van der Waals surface area (Å²) in [5.41, 5.74) is 3.12. The Labute approximate surface area is 207 Å². The van der Waals surface area contributed by atoms with E-state index in [9.17, 15) is 24.3 Å². The molecular weight excluding hydrogens is 462 g/mol. The van der Waals surface area contributed by atoms with E-state index in [1.807, 2.05) is 32.0 Å². The third-order valence-corrected chi connectivity index (χ3v) is 5.40. The van der Waals surface area contributed by atoms with E-state index in [-0.39, 0.29) is 29.5 Å². The van der Waals surface area contributed by atoms with Gasteiger partial charge in [0.05, 0.1) is 5.69 Å². The minimum Gasteiger partial charge on any atom is -0.508 e. The first-order chi connectivity index (χ1) is 17.2. The van der Waals surface area contributed by atoms with Gasteiger partial charge in [-0.2, -0.15) is 0 Å². The molecule has 1 saturated heterocycles. The molecule has 1 heterocycles. The van der Waals surface area contributed by atoms with Crippen LogP contribution in [0.2, 0.25) is 0 Å². The van der Waals surface area contributed by atoms with Crippen molar-refractivity contribution in [2.24, 2.45) is 0 Å². The summed E-state index contributed by atoms with van der Waals surface area (Å²) in [4.78, 5) is 50.8. The van der Waals surface area contributed by atoms with Crippen molar-refractivity contribution < 1.29 is 29.0 Å². The first-order valence-corrected chi connectivity index (χ1v) is 11.0. The van der Waals surface area contributed by atoms with Crippen molar-refractivity contribution in [2.45, 2.75) is 13.8 Å². The van der Waals surface area contributed by atoms with Crippen LogP contribution in [0.5, 0.6) is 11.5 Å². The van der Waals surface area contributed by atoms with E-state index < -0.39 is 17.8 Å². The number of hydrogen-bond donors (Lipinski definition) is 3. The summed E-state index contributed by atoms with van der Waals surface area (Å²) in [6.07, 6.45) is 1.33. The molecule has 1 aliphatic rings. The smallest absolute Gasteiger partial charge is 0.335 e. The van der Waals surface area contributed by atoms with Crippen LogP contribution in [0.3, 0.4) is 0 Å². The number of carbonyl (C=O) groups is 4. The number of imide groups is 2. The second kappa shape index (κ2) is 10.1. The minimum atomic E-state index is -0.889. The van der Waals surface area contributed by atoms with Gasteiger partial charge in [-0.05, 0) is 73.5 Å². The third kappa shape index (κ3) is 5.41. The number of benzene rings is 3.